The molecular weight excluding hydrogens is 287 g/mol. The van der Waals surface area contributed by atoms with Crippen molar-refractivity contribution in [2.75, 3.05) is 13.1 Å². The molecule has 0 aliphatic rings. The van der Waals surface area contributed by atoms with Gasteiger partial charge in [-0.05, 0) is 23.6 Å². The van der Waals surface area contributed by atoms with Crippen molar-refractivity contribution in [1.82, 2.24) is 4.90 Å². The molecule has 0 atom stereocenters. The number of nitrogens with zero attached hydrogens (tertiary/aromatic N) is 1. The van der Waals surface area contributed by atoms with Crippen molar-refractivity contribution in [3.63, 3.8) is 0 Å². The van der Waals surface area contributed by atoms with E-state index < -0.39 is 12.3 Å². The highest BCUT2D eigenvalue weighted by Crippen LogP contribution is 2.23. The Morgan fingerprint density at radius 1 is 1.29 bits per heavy atom. The molecule has 0 aliphatic heterocycles. The molecule has 1 N–H and O–H groups in total. The third-order valence-electron chi connectivity index (χ3n) is 2.55. The number of halogens is 3. The molecule has 0 unspecified atom stereocenters. The molecule has 0 saturated carbocycles. The highest BCUT2D eigenvalue weighted by molar-refractivity contribution is 5.69. The molecule has 1 rings (SSSR count). The first-order valence-electron chi connectivity index (χ1n) is 6.44. The fraction of sp³-hybridized carbons (Fsp3) is 0.500. The Balaban J connectivity index is 2.69. The average molecular weight is 305 g/mol. The zero-order valence-electron chi connectivity index (χ0n) is 11.9. The summed E-state index contributed by atoms with van der Waals surface area (Å²) in [4.78, 5) is 12.5. The minimum Gasteiger partial charge on any atom is -0.480 e. The van der Waals surface area contributed by atoms with Crippen molar-refractivity contribution >= 4 is 5.97 Å². The molecule has 0 spiro atoms. The minimum atomic E-state index is -4.71. The number of aliphatic carboxylic acids is 1. The molecule has 0 aliphatic carbocycles. The second-order valence-electron chi connectivity index (χ2n) is 5.15. The van der Waals surface area contributed by atoms with Gasteiger partial charge in [-0.3, -0.25) is 9.69 Å². The van der Waals surface area contributed by atoms with Crippen LogP contribution < -0.4 is 4.74 Å². The van der Waals surface area contributed by atoms with Gasteiger partial charge >= 0.3 is 12.3 Å². The molecule has 1 aromatic carbocycles. The normalized spacial score (nSPS) is 12.0. The van der Waals surface area contributed by atoms with E-state index in [2.05, 4.69) is 4.74 Å². The molecule has 1 aromatic rings. The Labute approximate surface area is 121 Å². The van der Waals surface area contributed by atoms with Crippen molar-refractivity contribution in [3.05, 3.63) is 29.8 Å². The number of benzene rings is 1. The van der Waals surface area contributed by atoms with Crippen LogP contribution in [-0.2, 0) is 11.3 Å². The third kappa shape index (κ3) is 7.55. The number of ether oxygens (including phenoxy) is 1. The first-order valence-corrected chi connectivity index (χ1v) is 6.44. The number of carboxylic acid groups (broad SMARTS) is 1. The van der Waals surface area contributed by atoms with E-state index in [1.807, 2.05) is 13.8 Å². The van der Waals surface area contributed by atoms with Gasteiger partial charge in [-0.15, -0.1) is 13.2 Å². The van der Waals surface area contributed by atoms with Gasteiger partial charge in [-0.2, -0.15) is 0 Å². The Morgan fingerprint density at radius 3 is 2.29 bits per heavy atom. The second-order valence-corrected chi connectivity index (χ2v) is 5.15. The van der Waals surface area contributed by atoms with Crippen LogP contribution in [0.25, 0.3) is 0 Å². The molecule has 0 aromatic heterocycles. The highest BCUT2D eigenvalue weighted by Gasteiger charge is 2.30. The fourth-order valence-corrected chi connectivity index (χ4v) is 1.95. The molecule has 4 nitrogen and oxygen atoms in total. The predicted octanol–water partition coefficient (Wildman–Crippen LogP) is 3.13. The number of rotatable bonds is 7. The number of hydrogen-bond donors (Lipinski definition) is 1. The summed E-state index contributed by atoms with van der Waals surface area (Å²) in [5, 5.41) is 8.86. The van der Waals surface area contributed by atoms with Gasteiger partial charge < -0.3 is 9.84 Å². The van der Waals surface area contributed by atoms with E-state index in [0.717, 1.165) is 5.56 Å². The van der Waals surface area contributed by atoms with Gasteiger partial charge in [0.15, 0.2) is 0 Å². The average Bonchev–Trinajstić information content (AvgIpc) is 2.28. The first kappa shape index (κ1) is 17.3. The number of carboxylic acids is 1. The molecule has 0 radical (unpaired) electrons. The van der Waals surface area contributed by atoms with E-state index >= 15 is 0 Å². The van der Waals surface area contributed by atoms with Crippen LogP contribution >= 0.6 is 0 Å². The lowest BCUT2D eigenvalue weighted by atomic mass is 10.1. The maximum atomic E-state index is 12.0. The van der Waals surface area contributed by atoms with Crippen LogP contribution in [0.2, 0.25) is 0 Å². The summed E-state index contributed by atoms with van der Waals surface area (Å²) in [7, 11) is 0. The van der Waals surface area contributed by atoms with Gasteiger partial charge in [0.1, 0.15) is 5.75 Å². The summed E-state index contributed by atoms with van der Waals surface area (Å²) in [6, 6.07) is 5.43. The van der Waals surface area contributed by atoms with Crippen molar-refractivity contribution in [2.24, 2.45) is 5.92 Å². The van der Waals surface area contributed by atoms with E-state index in [-0.39, 0.29) is 18.2 Å². The van der Waals surface area contributed by atoms with Crippen molar-refractivity contribution in [3.8, 4) is 5.75 Å². The molecule has 0 fully saturated rings. The monoisotopic (exact) mass is 305 g/mol. The molecule has 7 heteroatoms. The van der Waals surface area contributed by atoms with Crippen molar-refractivity contribution < 1.29 is 27.8 Å². The largest absolute Gasteiger partial charge is 0.573 e. The molecule has 0 saturated heterocycles. The zero-order chi connectivity index (χ0) is 16.0. The number of alkyl halides is 3. The first-order chi connectivity index (χ1) is 9.65. The van der Waals surface area contributed by atoms with Crippen LogP contribution in [-0.4, -0.2) is 35.4 Å². The van der Waals surface area contributed by atoms with Gasteiger partial charge in [-0.1, -0.05) is 26.0 Å². The Hall–Kier alpha value is -1.76. The smallest absolute Gasteiger partial charge is 0.480 e. The SMILES string of the molecule is CC(C)CN(CC(=O)O)Cc1ccc(OC(F)(F)F)cc1. The quantitative estimate of drug-likeness (QED) is 0.841. The van der Waals surface area contributed by atoms with E-state index in [9.17, 15) is 18.0 Å². The number of hydrogen-bond acceptors (Lipinski definition) is 3. The van der Waals surface area contributed by atoms with Gasteiger partial charge in [0, 0.05) is 13.1 Å². The van der Waals surface area contributed by atoms with Crippen LogP contribution in [0.5, 0.6) is 5.75 Å². The minimum absolute atomic E-state index is 0.112. The topological polar surface area (TPSA) is 49.8 Å². The van der Waals surface area contributed by atoms with Gasteiger partial charge in [-0.25, -0.2) is 0 Å². The maximum Gasteiger partial charge on any atom is 0.573 e. The van der Waals surface area contributed by atoms with E-state index in [4.69, 9.17) is 5.11 Å². The van der Waals surface area contributed by atoms with Crippen LogP contribution in [0, 0.1) is 5.92 Å². The summed E-state index contributed by atoms with van der Waals surface area (Å²) >= 11 is 0. The molecule has 0 amide bonds. The lowest BCUT2D eigenvalue weighted by Crippen LogP contribution is -2.32. The Kier molecular flexibility index (Phi) is 6.02. The van der Waals surface area contributed by atoms with Crippen LogP contribution in [0.1, 0.15) is 19.4 Å². The Morgan fingerprint density at radius 2 is 1.86 bits per heavy atom. The van der Waals surface area contributed by atoms with Crippen LogP contribution in [0.3, 0.4) is 0 Å². The summed E-state index contributed by atoms with van der Waals surface area (Å²) < 4.78 is 39.9. The van der Waals surface area contributed by atoms with E-state index in [1.54, 1.807) is 4.90 Å². The van der Waals surface area contributed by atoms with Gasteiger partial charge in [0.05, 0.1) is 6.54 Å². The van der Waals surface area contributed by atoms with Crippen molar-refractivity contribution in [1.29, 1.82) is 0 Å². The summed E-state index contributed by atoms with van der Waals surface area (Å²) in [6.07, 6.45) is -4.71. The Bertz CT molecular complexity index is 458. The van der Waals surface area contributed by atoms with E-state index in [0.29, 0.717) is 13.1 Å². The van der Waals surface area contributed by atoms with Crippen LogP contribution in [0.15, 0.2) is 24.3 Å². The third-order valence-corrected chi connectivity index (χ3v) is 2.55. The zero-order valence-corrected chi connectivity index (χ0v) is 11.9. The fourth-order valence-electron chi connectivity index (χ4n) is 1.95. The van der Waals surface area contributed by atoms with E-state index in [1.165, 1.54) is 24.3 Å². The molecule has 118 valence electrons. The predicted molar refractivity (Wildman–Crippen MR) is 70.9 cm³/mol. The molecule has 0 bridgehead atoms. The maximum absolute atomic E-state index is 12.0. The molecular formula is C14H18F3NO3. The highest BCUT2D eigenvalue weighted by atomic mass is 19.4. The molecule has 0 heterocycles. The lowest BCUT2D eigenvalue weighted by molar-refractivity contribution is -0.274. The summed E-state index contributed by atoms with van der Waals surface area (Å²) in [5.74, 6) is -0.940. The van der Waals surface area contributed by atoms with Crippen molar-refractivity contribution in [2.45, 2.75) is 26.8 Å². The lowest BCUT2D eigenvalue weighted by Gasteiger charge is -2.22. The summed E-state index contributed by atoms with van der Waals surface area (Å²) in [6.45, 7) is 4.77. The van der Waals surface area contributed by atoms with Crippen LogP contribution in [0.4, 0.5) is 13.2 Å². The van der Waals surface area contributed by atoms with Gasteiger partial charge in [0.25, 0.3) is 0 Å². The van der Waals surface area contributed by atoms with Gasteiger partial charge in [0.2, 0.25) is 0 Å². The summed E-state index contributed by atoms with van der Waals surface area (Å²) in [5.41, 5.74) is 0.728. The second kappa shape index (κ2) is 7.31. The molecule has 21 heavy (non-hydrogen) atoms. The number of carbonyl (C=O) groups is 1. The standard InChI is InChI=1S/C14H18F3NO3/c1-10(2)7-18(9-13(19)20)8-11-3-5-12(6-4-11)21-14(15,16)17/h3-6,10H,7-9H2,1-2H3,(H,19,20).